The van der Waals surface area contributed by atoms with E-state index >= 15 is 0 Å². The molecule has 0 spiro atoms. The topological polar surface area (TPSA) is 69.0 Å². The van der Waals surface area contributed by atoms with Gasteiger partial charge in [0.2, 0.25) is 0 Å². The quantitative estimate of drug-likeness (QED) is 0.549. The second-order valence-corrected chi connectivity index (χ2v) is 7.99. The van der Waals surface area contributed by atoms with Crippen molar-refractivity contribution in [2.75, 3.05) is 13.6 Å². The highest BCUT2D eigenvalue weighted by Gasteiger charge is 2.22. The molecule has 0 saturated heterocycles. The highest BCUT2D eigenvalue weighted by Crippen LogP contribution is 2.25. The first-order chi connectivity index (χ1) is 14.3. The van der Waals surface area contributed by atoms with E-state index in [2.05, 4.69) is 55.9 Å². The number of para-hydroxylation sites is 1. The van der Waals surface area contributed by atoms with Gasteiger partial charge < -0.3 is 14.9 Å². The minimum absolute atomic E-state index is 0. The first kappa shape index (κ1) is 23.5. The van der Waals surface area contributed by atoms with Crippen molar-refractivity contribution in [3.05, 3.63) is 69.1 Å². The Morgan fingerprint density at radius 1 is 1.10 bits per heavy atom. The van der Waals surface area contributed by atoms with Crippen LogP contribution in [0.15, 0.2) is 41.2 Å². The number of amides is 1. The molecule has 1 aliphatic heterocycles. The molecule has 2 aromatic carbocycles. The average molecular weight is 414 g/mol. The van der Waals surface area contributed by atoms with E-state index < -0.39 is 0 Å². The number of hydrogen-bond acceptors (Lipinski definition) is 2. The van der Waals surface area contributed by atoms with E-state index in [0.29, 0.717) is 5.92 Å². The largest absolute Gasteiger partial charge is 0.341 e. The number of imidazole rings is 1. The molecule has 0 saturated carbocycles. The second kappa shape index (κ2) is 10.8. The Labute approximate surface area is 182 Å². The van der Waals surface area contributed by atoms with Gasteiger partial charge in [-0.15, -0.1) is 0 Å². The molecule has 5 nitrogen and oxygen atoms in total. The number of aromatic nitrogens is 2. The van der Waals surface area contributed by atoms with Crippen LogP contribution in [0.4, 0.5) is 0 Å². The lowest BCUT2D eigenvalue weighted by Crippen LogP contribution is -2.34. The van der Waals surface area contributed by atoms with Crippen LogP contribution in [-0.2, 0) is 6.42 Å². The number of likely N-dealkylation sites (N-methyl/N-ethyl adjacent to an activating group) is 1. The maximum absolute atomic E-state index is 12.0. The standard InChI is InChI=1S/C14H19NO.C8H8N2O.C3H8.2H2/c1-4-10(2)12-6-5-11-7-8-15(3)14(16)13(11)9-12;1-5-3-2-4-6-7(5)10-8(11)9-6;1-3-2;;/h5-6,9-10H,4,7-8H2,1-3H3;2-4H,1H3,(H2,9,10,11);3H2,1-2H3;2*1H. The smallest absolute Gasteiger partial charge is 0.323 e. The minimum Gasteiger partial charge on any atom is -0.341 e. The maximum Gasteiger partial charge on any atom is 0.323 e. The van der Waals surface area contributed by atoms with E-state index in [0.717, 1.165) is 41.5 Å². The molecule has 1 aromatic heterocycles. The van der Waals surface area contributed by atoms with Gasteiger partial charge in [0.15, 0.2) is 0 Å². The molecule has 166 valence electrons. The Morgan fingerprint density at radius 2 is 1.80 bits per heavy atom. The molecule has 1 amide bonds. The van der Waals surface area contributed by atoms with Crippen LogP contribution >= 0.6 is 0 Å². The van der Waals surface area contributed by atoms with Gasteiger partial charge in [-0.1, -0.05) is 58.4 Å². The van der Waals surface area contributed by atoms with Gasteiger partial charge >= 0.3 is 5.69 Å². The fourth-order valence-electron chi connectivity index (χ4n) is 3.35. The van der Waals surface area contributed by atoms with Crippen molar-refractivity contribution in [1.29, 1.82) is 0 Å². The fourth-order valence-corrected chi connectivity index (χ4v) is 3.35. The van der Waals surface area contributed by atoms with Gasteiger partial charge in [-0.2, -0.15) is 0 Å². The third-order valence-electron chi connectivity index (χ3n) is 5.37. The monoisotopic (exact) mass is 413 g/mol. The molecule has 0 radical (unpaired) electrons. The molecule has 0 bridgehead atoms. The fraction of sp³-hybridized carbons (Fsp3) is 0.440. The zero-order valence-corrected chi connectivity index (χ0v) is 19.1. The molecule has 5 heteroatoms. The first-order valence-electron chi connectivity index (χ1n) is 10.9. The Balaban J connectivity index is 0.000000528. The van der Waals surface area contributed by atoms with Crippen molar-refractivity contribution in [3.63, 3.8) is 0 Å². The number of nitrogens with zero attached hydrogens (tertiary/aromatic N) is 1. The van der Waals surface area contributed by atoms with Crippen LogP contribution in [0.1, 0.15) is 76.4 Å². The number of aromatic amines is 2. The molecule has 3 aromatic rings. The number of benzene rings is 2. The van der Waals surface area contributed by atoms with Gasteiger partial charge in [0, 0.05) is 22.0 Å². The summed E-state index contributed by atoms with van der Waals surface area (Å²) in [5, 5.41) is 0. The zero-order valence-electron chi connectivity index (χ0n) is 19.1. The van der Waals surface area contributed by atoms with Crippen LogP contribution in [0.2, 0.25) is 0 Å². The Kier molecular flexibility index (Phi) is 8.46. The lowest BCUT2D eigenvalue weighted by molar-refractivity contribution is 0.0780. The molecular formula is C25H39N3O2. The summed E-state index contributed by atoms with van der Waals surface area (Å²) in [5.41, 5.74) is 6.11. The summed E-state index contributed by atoms with van der Waals surface area (Å²) in [4.78, 5) is 30.0. The lowest BCUT2D eigenvalue weighted by atomic mass is 9.91. The summed E-state index contributed by atoms with van der Waals surface area (Å²) in [6.45, 7) is 11.4. The number of H-pyrrole nitrogens is 2. The van der Waals surface area contributed by atoms with Crippen LogP contribution in [0.3, 0.4) is 0 Å². The predicted octanol–water partition coefficient (Wildman–Crippen LogP) is 5.90. The zero-order chi connectivity index (χ0) is 22.3. The minimum atomic E-state index is -0.144. The van der Waals surface area contributed by atoms with Gasteiger partial charge in [-0.25, -0.2) is 4.79 Å². The summed E-state index contributed by atoms with van der Waals surface area (Å²) in [7, 11) is 1.88. The summed E-state index contributed by atoms with van der Waals surface area (Å²) in [5.74, 6) is 0.705. The second-order valence-electron chi connectivity index (χ2n) is 7.99. The average Bonchev–Trinajstić information content (AvgIpc) is 3.13. The van der Waals surface area contributed by atoms with Gasteiger partial charge in [0.05, 0.1) is 11.0 Å². The molecule has 0 fully saturated rings. The summed E-state index contributed by atoms with van der Waals surface area (Å²) in [6.07, 6.45) is 3.35. The molecule has 1 unspecified atom stereocenters. The van der Waals surface area contributed by atoms with Crippen molar-refractivity contribution >= 4 is 16.9 Å². The van der Waals surface area contributed by atoms with Gasteiger partial charge in [-0.05, 0) is 54.5 Å². The number of hydrogen-bond donors (Lipinski definition) is 2. The van der Waals surface area contributed by atoms with E-state index in [4.69, 9.17) is 0 Å². The van der Waals surface area contributed by atoms with Gasteiger partial charge in [0.1, 0.15) is 0 Å². The van der Waals surface area contributed by atoms with Crippen LogP contribution in [0.25, 0.3) is 11.0 Å². The maximum atomic E-state index is 12.0. The summed E-state index contributed by atoms with van der Waals surface area (Å²) >= 11 is 0. The molecular weight excluding hydrogens is 374 g/mol. The van der Waals surface area contributed by atoms with E-state index in [-0.39, 0.29) is 14.5 Å². The Hall–Kier alpha value is -2.82. The third kappa shape index (κ3) is 5.62. The predicted molar refractivity (Wildman–Crippen MR) is 130 cm³/mol. The number of rotatable bonds is 2. The van der Waals surface area contributed by atoms with E-state index in [1.54, 1.807) is 0 Å². The number of carbonyl (C=O) groups is 1. The SMILES string of the molecule is CCC.CCC(C)c1ccc2c(c1)C(=O)N(C)CC2.Cc1cccc2[nH]c(=O)[nH]c12.[HH].[HH]. The highest BCUT2D eigenvalue weighted by atomic mass is 16.2. The molecule has 4 rings (SSSR count). The lowest BCUT2D eigenvalue weighted by Gasteiger charge is -2.25. The van der Waals surface area contributed by atoms with Crippen LogP contribution in [-0.4, -0.2) is 34.4 Å². The summed E-state index contributed by atoms with van der Waals surface area (Å²) in [6, 6.07) is 12.1. The number of aryl methyl sites for hydroxylation is 1. The van der Waals surface area contributed by atoms with Crippen molar-refractivity contribution < 1.29 is 7.65 Å². The molecule has 0 aliphatic carbocycles. The number of nitrogens with one attached hydrogen (secondary N) is 2. The number of fused-ring (bicyclic) bond motifs is 2. The Morgan fingerprint density at radius 3 is 2.43 bits per heavy atom. The van der Waals surface area contributed by atoms with Crippen LogP contribution < -0.4 is 5.69 Å². The highest BCUT2D eigenvalue weighted by molar-refractivity contribution is 5.96. The normalized spacial score (nSPS) is 13.7. The molecule has 2 heterocycles. The first-order valence-corrected chi connectivity index (χ1v) is 10.9. The summed E-state index contributed by atoms with van der Waals surface area (Å²) < 4.78 is 0. The van der Waals surface area contributed by atoms with Crippen molar-refractivity contribution in [3.8, 4) is 0 Å². The molecule has 1 atom stereocenters. The molecule has 2 N–H and O–H groups in total. The van der Waals surface area contributed by atoms with E-state index in [9.17, 15) is 9.59 Å². The van der Waals surface area contributed by atoms with Crippen molar-refractivity contribution in [1.82, 2.24) is 14.9 Å². The van der Waals surface area contributed by atoms with Crippen LogP contribution in [0, 0.1) is 6.92 Å². The molecule has 30 heavy (non-hydrogen) atoms. The number of carbonyl (C=O) groups excluding carboxylic acids is 1. The molecule has 1 aliphatic rings. The Bertz CT molecular complexity index is 1040. The van der Waals surface area contributed by atoms with Gasteiger partial charge in [-0.3, -0.25) is 4.79 Å². The third-order valence-corrected chi connectivity index (χ3v) is 5.37. The van der Waals surface area contributed by atoms with Crippen molar-refractivity contribution in [2.24, 2.45) is 0 Å². The van der Waals surface area contributed by atoms with Gasteiger partial charge in [0.25, 0.3) is 5.91 Å². The van der Waals surface area contributed by atoms with Crippen LogP contribution in [0.5, 0.6) is 0 Å². The van der Waals surface area contributed by atoms with Crippen molar-refractivity contribution in [2.45, 2.75) is 59.8 Å². The van der Waals surface area contributed by atoms with E-state index in [1.165, 1.54) is 17.5 Å². The van der Waals surface area contributed by atoms with E-state index in [1.807, 2.05) is 37.1 Å².